The van der Waals surface area contributed by atoms with Crippen LogP contribution < -0.4 is 4.72 Å². The zero-order chi connectivity index (χ0) is 20.4. The summed E-state index contributed by atoms with van der Waals surface area (Å²) in [5, 5.41) is 0.432. The number of sulfonamides is 1. The van der Waals surface area contributed by atoms with Crippen LogP contribution in [-0.2, 0) is 22.6 Å². The molecule has 3 rings (SSSR count). The van der Waals surface area contributed by atoms with Gasteiger partial charge < -0.3 is 0 Å². The molecule has 0 aliphatic carbocycles. The molecule has 28 heavy (non-hydrogen) atoms. The van der Waals surface area contributed by atoms with E-state index in [9.17, 15) is 21.6 Å². The Morgan fingerprint density at radius 1 is 0.964 bits per heavy atom. The Morgan fingerprint density at radius 2 is 1.61 bits per heavy atom. The van der Waals surface area contributed by atoms with E-state index in [1.54, 1.807) is 30.6 Å². The third-order valence-electron chi connectivity index (χ3n) is 3.95. The highest BCUT2D eigenvalue weighted by atomic mass is 35.5. The molecule has 0 atom stereocenters. The molecule has 4 nitrogen and oxygen atoms in total. The topological polar surface area (TPSA) is 59.1 Å². The van der Waals surface area contributed by atoms with Crippen LogP contribution in [0.3, 0.4) is 0 Å². The molecule has 2 aromatic carbocycles. The lowest BCUT2D eigenvalue weighted by Crippen LogP contribution is -2.15. The number of benzene rings is 2. The molecular weight excluding hydrogens is 413 g/mol. The Labute approximate surface area is 165 Å². The van der Waals surface area contributed by atoms with Gasteiger partial charge in [-0.25, -0.2) is 8.42 Å². The molecule has 0 bridgehead atoms. The van der Waals surface area contributed by atoms with Crippen molar-refractivity contribution in [3.8, 4) is 0 Å². The average molecular weight is 427 g/mol. The number of halogens is 4. The SMILES string of the molecule is O=S(=O)(Nc1ccc(Cl)cc1Cc1ccncc1)c1ccc(C(F)(F)F)cc1. The highest BCUT2D eigenvalue weighted by Gasteiger charge is 2.30. The number of anilines is 1. The number of rotatable bonds is 5. The number of hydrogen-bond donors (Lipinski definition) is 1. The molecule has 0 unspecified atom stereocenters. The minimum atomic E-state index is -4.54. The van der Waals surface area contributed by atoms with Crippen LogP contribution in [0.5, 0.6) is 0 Å². The molecule has 1 heterocycles. The summed E-state index contributed by atoms with van der Waals surface area (Å²) in [6.07, 6.45) is -0.907. The molecule has 3 aromatic rings. The van der Waals surface area contributed by atoms with Crippen molar-refractivity contribution in [2.45, 2.75) is 17.5 Å². The van der Waals surface area contributed by atoms with Gasteiger partial charge in [0.2, 0.25) is 0 Å². The lowest BCUT2D eigenvalue weighted by molar-refractivity contribution is -0.137. The predicted molar refractivity (Wildman–Crippen MR) is 101 cm³/mol. The molecule has 0 saturated heterocycles. The van der Waals surface area contributed by atoms with Crippen LogP contribution in [0.2, 0.25) is 5.02 Å². The summed E-state index contributed by atoms with van der Waals surface area (Å²) in [5.41, 5.74) is 0.888. The monoisotopic (exact) mass is 426 g/mol. The first kappa shape index (κ1) is 20.2. The van der Waals surface area contributed by atoms with Crippen molar-refractivity contribution in [1.82, 2.24) is 4.98 Å². The van der Waals surface area contributed by atoms with Crippen LogP contribution in [0.1, 0.15) is 16.7 Å². The van der Waals surface area contributed by atoms with Crippen LogP contribution in [0.15, 0.2) is 71.9 Å². The van der Waals surface area contributed by atoms with Crippen LogP contribution in [0, 0.1) is 0 Å². The summed E-state index contributed by atoms with van der Waals surface area (Å²) in [6, 6.07) is 11.6. The van der Waals surface area contributed by atoms with E-state index < -0.39 is 21.8 Å². The lowest BCUT2D eigenvalue weighted by Gasteiger charge is -2.14. The van der Waals surface area contributed by atoms with Gasteiger partial charge in [0.25, 0.3) is 10.0 Å². The number of nitrogens with one attached hydrogen (secondary N) is 1. The lowest BCUT2D eigenvalue weighted by atomic mass is 10.0. The van der Waals surface area contributed by atoms with E-state index in [4.69, 9.17) is 11.6 Å². The van der Waals surface area contributed by atoms with E-state index in [0.29, 0.717) is 22.7 Å². The first-order valence-electron chi connectivity index (χ1n) is 8.02. The van der Waals surface area contributed by atoms with Crippen molar-refractivity contribution in [1.29, 1.82) is 0 Å². The number of pyridine rings is 1. The van der Waals surface area contributed by atoms with E-state index in [2.05, 4.69) is 9.71 Å². The fourth-order valence-electron chi connectivity index (χ4n) is 2.56. The Hall–Kier alpha value is -2.58. The summed E-state index contributed by atoms with van der Waals surface area (Å²) >= 11 is 6.04. The van der Waals surface area contributed by atoms with E-state index >= 15 is 0 Å². The maximum atomic E-state index is 12.7. The van der Waals surface area contributed by atoms with Crippen LogP contribution in [-0.4, -0.2) is 13.4 Å². The number of hydrogen-bond acceptors (Lipinski definition) is 3. The Bertz CT molecular complexity index is 1070. The van der Waals surface area contributed by atoms with Crippen molar-refractivity contribution in [3.05, 3.63) is 88.7 Å². The third kappa shape index (κ3) is 4.82. The van der Waals surface area contributed by atoms with Gasteiger partial charge in [0.15, 0.2) is 0 Å². The van der Waals surface area contributed by atoms with Gasteiger partial charge in [0, 0.05) is 17.4 Å². The molecule has 0 amide bonds. The van der Waals surface area contributed by atoms with Gasteiger partial charge in [-0.15, -0.1) is 0 Å². The van der Waals surface area contributed by atoms with Crippen molar-refractivity contribution < 1.29 is 21.6 Å². The van der Waals surface area contributed by atoms with Gasteiger partial charge in [-0.1, -0.05) is 11.6 Å². The summed E-state index contributed by atoms with van der Waals surface area (Å²) < 4.78 is 65.7. The largest absolute Gasteiger partial charge is 0.416 e. The van der Waals surface area contributed by atoms with Crippen molar-refractivity contribution >= 4 is 27.3 Å². The Kier molecular flexibility index (Phi) is 5.62. The zero-order valence-electron chi connectivity index (χ0n) is 14.2. The van der Waals surface area contributed by atoms with E-state index in [1.165, 1.54) is 12.1 Å². The van der Waals surface area contributed by atoms with Gasteiger partial charge in [-0.3, -0.25) is 9.71 Å². The van der Waals surface area contributed by atoms with Crippen molar-refractivity contribution in [3.63, 3.8) is 0 Å². The molecule has 0 spiro atoms. The molecule has 1 N–H and O–H groups in total. The summed E-state index contributed by atoms with van der Waals surface area (Å²) in [7, 11) is -4.08. The first-order valence-corrected chi connectivity index (χ1v) is 9.89. The van der Waals surface area contributed by atoms with Crippen LogP contribution in [0.4, 0.5) is 18.9 Å². The standard InChI is InChI=1S/C19H14ClF3N2O2S/c20-16-3-6-18(14(12-16)11-13-7-9-24-10-8-13)25-28(26,27)17-4-1-15(2-5-17)19(21,22)23/h1-10,12,25H,11H2. The Morgan fingerprint density at radius 3 is 2.21 bits per heavy atom. The Balaban J connectivity index is 1.90. The number of aromatic nitrogens is 1. The predicted octanol–water partition coefficient (Wildman–Crippen LogP) is 5.15. The molecule has 0 radical (unpaired) electrons. The molecule has 0 aliphatic heterocycles. The van der Waals surface area contributed by atoms with Gasteiger partial charge in [-0.2, -0.15) is 13.2 Å². The highest BCUT2D eigenvalue weighted by molar-refractivity contribution is 7.92. The highest BCUT2D eigenvalue weighted by Crippen LogP contribution is 2.30. The average Bonchev–Trinajstić information content (AvgIpc) is 2.64. The van der Waals surface area contributed by atoms with Crippen LogP contribution in [0.25, 0.3) is 0 Å². The first-order chi connectivity index (χ1) is 13.1. The van der Waals surface area contributed by atoms with E-state index in [1.807, 2.05) is 0 Å². The van der Waals surface area contributed by atoms with Crippen molar-refractivity contribution in [2.24, 2.45) is 0 Å². The number of alkyl halides is 3. The summed E-state index contributed by atoms with van der Waals surface area (Å²) in [4.78, 5) is 3.66. The maximum absolute atomic E-state index is 12.7. The minimum Gasteiger partial charge on any atom is -0.279 e. The molecule has 0 fully saturated rings. The quantitative estimate of drug-likeness (QED) is 0.614. The smallest absolute Gasteiger partial charge is 0.279 e. The van der Waals surface area contributed by atoms with Gasteiger partial charge in [-0.05, 0) is 72.1 Å². The van der Waals surface area contributed by atoms with Gasteiger partial charge >= 0.3 is 6.18 Å². The minimum absolute atomic E-state index is 0.273. The summed E-state index contributed by atoms with van der Waals surface area (Å²) in [5.74, 6) is 0. The second-order valence-electron chi connectivity index (χ2n) is 5.96. The second-order valence-corrected chi connectivity index (χ2v) is 8.08. The fourth-order valence-corrected chi connectivity index (χ4v) is 3.85. The molecular formula is C19H14ClF3N2O2S. The molecule has 1 aromatic heterocycles. The molecule has 9 heteroatoms. The second kappa shape index (κ2) is 7.81. The van der Waals surface area contributed by atoms with E-state index in [0.717, 1.165) is 29.8 Å². The maximum Gasteiger partial charge on any atom is 0.416 e. The molecule has 146 valence electrons. The molecule has 0 aliphatic rings. The zero-order valence-corrected chi connectivity index (χ0v) is 15.8. The third-order valence-corrected chi connectivity index (χ3v) is 5.56. The van der Waals surface area contributed by atoms with Gasteiger partial charge in [0.05, 0.1) is 16.1 Å². The van der Waals surface area contributed by atoms with Crippen molar-refractivity contribution in [2.75, 3.05) is 4.72 Å². The molecule has 0 saturated carbocycles. The van der Waals surface area contributed by atoms with Crippen LogP contribution >= 0.6 is 11.6 Å². The number of nitrogens with zero attached hydrogens (tertiary/aromatic N) is 1. The normalized spacial score (nSPS) is 12.0. The van der Waals surface area contributed by atoms with E-state index in [-0.39, 0.29) is 4.90 Å². The summed E-state index contributed by atoms with van der Waals surface area (Å²) in [6.45, 7) is 0. The fraction of sp³-hybridized carbons (Fsp3) is 0.105. The van der Waals surface area contributed by atoms with Gasteiger partial charge in [0.1, 0.15) is 0 Å².